The smallest absolute Gasteiger partial charge is 0.161 e. The van der Waals surface area contributed by atoms with Gasteiger partial charge in [-0.25, -0.2) is 0 Å². The Kier molecular flexibility index (Phi) is 4.04. The van der Waals surface area contributed by atoms with E-state index in [1.54, 1.807) is 14.2 Å². The van der Waals surface area contributed by atoms with Crippen LogP contribution in [0.4, 0.5) is 0 Å². The van der Waals surface area contributed by atoms with Crippen molar-refractivity contribution in [3.8, 4) is 11.5 Å². The Hall–Kier alpha value is -1.71. The van der Waals surface area contributed by atoms with Crippen molar-refractivity contribution in [2.75, 3.05) is 20.8 Å². The van der Waals surface area contributed by atoms with Crippen LogP contribution in [0.15, 0.2) is 36.4 Å². The van der Waals surface area contributed by atoms with E-state index in [2.05, 4.69) is 17.4 Å². The lowest BCUT2D eigenvalue weighted by atomic mass is 9.85. The van der Waals surface area contributed by atoms with Crippen molar-refractivity contribution in [3.63, 3.8) is 0 Å². The maximum absolute atomic E-state index is 6.44. The molecule has 0 saturated heterocycles. The standard InChI is InChI=1S/C17H18ClNO2/c1-20-15-7-6-11(8-16(15)21-2)13-10-19-9-12-4-3-5-14(18)17(12)13/h3-8,13,19H,9-10H2,1-2H3. The highest BCUT2D eigenvalue weighted by Crippen LogP contribution is 2.38. The third-order valence-corrected chi connectivity index (χ3v) is 4.30. The van der Waals surface area contributed by atoms with Crippen molar-refractivity contribution < 1.29 is 9.47 Å². The molecular weight excluding hydrogens is 286 g/mol. The molecule has 1 aliphatic rings. The average molecular weight is 304 g/mol. The minimum atomic E-state index is 0.224. The number of nitrogens with one attached hydrogen (secondary N) is 1. The van der Waals surface area contributed by atoms with Crippen molar-refractivity contribution in [1.29, 1.82) is 0 Å². The first kappa shape index (κ1) is 14.2. The van der Waals surface area contributed by atoms with E-state index < -0.39 is 0 Å². The van der Waals surface area contributed by atoms with Gasteiger partial charge in [-0.3, -0.25) is 0 Å². The second-order valence-corrected chi connectivity index (χ2v) is 5.52. The Morgan fingerprint density at radius 1 is 1.10 bits per heavy atom. The molecule has 0 bridgehead atoms. The first-order chi connectivity index (χ1) is 10.2. The first-order valence-corrected chi connectivity index (χ1v) is 7.32. The Labute approximate surface area is 129 Å². The molecule has 1 heterocycles. The minimum Gasteiger partial charge on any atom is -0.493 e. The molecule has 0 amide bonds. The zero-order valence-electron chi connectivity index (χ0n) is 12.2. The number of rotatable bonds is 3. The summed E-state index contributed by atoms with van der Waals surface area (Å²) in [6, 6.07) is 12.1. The van der Waals surface area contributed by atoms with Crippen LogP contribution in [-0.2, 0) is 6.54 Å². The van der Waals surface area contributed by atoms with Gasteiger partial charge >= 0.3 is 0 Å². The maximum Gasteiger partial charge on any atom is 0.161 e. The van der Waals surface area contributed by atoms with E-state index in [4.69, 9.17) is 21.1 Å². The third kappa shape index (κ3) is 2.59. The lowest BCUT2D eigenvalue weighted by molar-refractivity contribution is 0.354. The topological polar surface area (TPSA) is 30.5 Å². The summed E-state index contributed by atoms with van der Waals surface area (Å²) in [5.41, 5.74) is 3.65. The molecule has 1 N–H and O–H groups in total. The SMILES string of the molecule is COc1ccc(C2CNCc3cccc(Cl)c32)cc1OC. The predicted molar refractivity (Wildman–Crippen MR) is 84.5 cm³/mol. The van der Waals surface area contributed by atoms with E-state index in [0.29, 0.717) is 0 Å². The molecule has 0 saturated carbocycles. The monoisotopic (exact) mass is 303 g/mol. The molecule has 0 radical (unpaired) electrons. The van der Waals surface area contributed by atoms with Gasteiger partial charge in [-0.2, -0.15) is 0 Å². The third-order valence-electron chi connectivity index (χ3n) is 3.97. The van der Waals surface area contributed by atoms with Gasteiger partial charge in [0.15, 0.2) is 11.5 Å². The van der Waals surface area contributed by atoms with Crippen LogP contribution in [-0.4, -0.2) is 20.8 Å². The summed E-state index contributed by atoms with van der Waals surface area (Å²) in [6.07, 6.45) is 0. The maximum atomic E-state index is 6.44. The summed E-state index contributed by atoms with van der Waals surface area (Å²) in [6.45, 7) is 1.73. The Morgan fingerprint density at radius 2 is 1.90 bits per heavy atom. The zero-order valence-corrected chi connectivity index (χ0v) is 12.9. The van der Waals surface area contributed by atoms with E-state index in [-0.39, 0.29) is 5.92 Å². The highest BCUT2D eigenvalue weighted by atomic mass is 35.5. The van der Waals surface area contributed by atoms with Crippen LogP contribution in [0, 0.1) is 0 Å². The van der Waals surface area contributed by atoms with Gasteiger partial charge in [0, 0.05) is 24.0 Å². The number of ether oxygens (including phenoxy) is 2. The minimum absolute atomic E-state index is 0.224. The Bertz CT molecular complexity index is 657. The van der Waals surface area contributed by atoms with Crippen molar-refractivity contribution in [2.24, 2.45) is 0 Å². The van der Waals surface area contributed by atoms with Gasteiger partial charge in [-0.05, 0) is 34.9 Å². The van der Waals surface area contributed by atoms with Gasteiger partial charge < -0.3 is 14.8 Å². The van der Waals surface area contributed by atoms with Crippen LogP contribution in [0.3, 0.4) is 0 Å². The normalized spacial score (nSPS) is 17.2. The lowest BCUT2D eigenvalue weighted by Crippen LogP contribution is -2.29. The van der Waals surface area contributed by atoms with Gasteiger partial charge in [0.2, 0.25) is 0 Å². The van der Waals surface area contributed by atoms with Crippen molar-refractivity contribution >= 4 is 11.6 Å². The summed E-state index contributed by atoms with van der Waals surface area (Å²) < 4.78 is 10.7. The summed E-state index contributed by atoms with van der Waals surface area (Å²) in [7, 11) is 3.30. The fourth-order valence-electron chi connectivity index (χ4n) is 2.93. The molecule has 1 atom stereocenters. The van der Waals surface area contributed by atoms with Crippen LogP contribution in [0.25, 0.3) is 0 Å². The van der Waals surface area contributed by atoms with Crippen LogP contribution in [0.1, 0.15) is 22.6 Å². The van der Waals surface area contributed by atoms with Gasteiger partial charge in [0.1, 0.15) is 0 Å². The van der Waals surface area contributed by atoms with Gasteiger partial charge in [-0.1, -0.05) is 29.8 Å². The fraction of sp³-hybridized carbons (Fsp3) is 0.294. The second kappa shape index (κ2) is 5.96. The molecule has 1 aliphatic heterocycles. The van der Waals surface area contributed by atoms with Crippen molar-refractivity contribution in [3.05, 3.63) is 58.1 Å². The van der Waals surface area contributed by atoms with Crippen molar-refractivity contribution in [2.45, 2.75) is 12.5 Å². The number of methoxy groups -OCH3 is 2. The van der Waals surface area contributed by atoms with E-state index in [0.717, 1.165) is 29.6 Å². The highest BCUT2D eigenvalue weighted by molar-refractivity contribution is 6.31. The molecule has 21 heavy (non-hydrogen) atoms. The van der Waals surface area contributed by atoms with E-state index in [1.165, 1.54) is 16.7 Å². The lowest BCUT2D eigenvalue weighted by Gasteiger charge is -2.28. The zero-order chi connectivity index (χ0) is 14.8. The molecule has 3 rings (SSSR count). The van der Waals surface area contributed by atoms with Crippen LogP contribution >= 0.6 is 11.6 Å². The van der Waals surface area contributed by atoms with E-state index in [1.807, 2.05) is 24.3 Å². The first-order valence-electron chi connectivity index (χ1n) is 6.94. The largest absolute Gasteiger partial charge is 0.493 e. The number of hydrogen-bond donors (Lipinski definition) is 1. The molecule has 0 aromatic heterocycles. The quantitative estimate of drug-likeness (QED) is 0.940. The number of benzene rings is 2. The summed E-state index contributed by atoms with van der Waals surface area (Å²) in [4.78, 5) is 0. The molecule has 0 spiro atoms. The van der Waals surface area contributed by atoms with Crippen molar-refractivity contribution in [1.82, 2.24) is 5.32 Å². The molecule has 0 aliphatic carbocycles. The molecule has 0 fully saturated rings. The molecule has 3 nitrogen and oxygen atoms in total. The highest BCUT2D eigenvalue weighted by Gasteiger charge is 2.24. The average Bonchev–Trinajstić information content (AvgIpc) is 2.54. The number of fused-ring (bicyclic) bond motifs is 1. The molecule has 2 aromatic rings. The van der Waals surface area contributed by atoms with Gasteiger partial charge in [0.05, 0.1) is 14.2 Å². The summed E-state index contributed by atoms with van der Waals surface area (Å²) >= 11 is 6.44. The van der Waals surface area contributed by atoms with E-state index >= 15 is 0 Å². The van der Waals surface area contributed by atoms with Crippen LogP contribution in [0.2, 0.25) is 5.02 Å². The summed E-state index contributed by atoms with van der Waals surface area (Å²) in [5, 5.41) is 4.28. The number of hydrogen-bond acceptors (Lipinski definition) is 3. The molecule has 4 heteroatoms. The van der Waals surface area contributed by atoms with E-state index in [9.17, 15) is 0 Å². The predicted octanol–water partition coefficient (Wildman–Crippen LogP) is 3.59. The Morgan fingerprint density at radius 3 is 2.67 bits per heavy atom. The molecule has 2 aromatic carbocycles. The number of halogens is 1. The molecular formula is C17H18ClNO2. The van der Waals surface area contributed by atoms with Gasteiger partial charge in [0.25, 0.3) is 0 Å². The van der Waals surface area contributed by atoms with Crippen LogP contribution < -0.4 is 14.8 Å². The fourth-order valence-corrected chi connectivity index (χ4v) is 3.26. The molecule has 1 unspecified atom stereocenters. The summed E-state index contributed by atoms with van der Waals surface area (Å²) in [5.74, 6) is 1.71. The second-order valence-electron chi connectivity index (χ2n) is 5.11. The molecule has 110 valence electrons. The Balaban J connectivity index is 2.07. The van der Waals surface area contributed by atoms with Crippen LogP contribution in [0.5, 0.6) is 11.5 Å². The van der Waals surface area contributed by atoms with Gasteiger partial charge in [-0.15, -0.1) is 0 Å².